The predicted octanol–water partition coefficient (Wildman–Crippen LogP) is 6.38. The Labute approximate surface area is 201 Å². The Morgan fingerprint density at radius 2 is 1.70 bits per heavy atom. The number of rotatable bonds is 6. The predicted molar refractivity (Wildman–Crippen MR) is 132 cm³/mol. The quantitative estimate of drug-likeness (QED) is 0.325. The SMILES string of the molecule is Cc1cc(C)c(NC(=O)CSc2nnc(-c3ccccc3Cl)n2-c2ccccc2F)c(C)c1. The number of nitrogens with zero attached hydrogens (tertiary/aromatic N) is 3. The monoisotopic (exact) mass is 480 g/mol. The summed E-state index contributed by atoms with van der Waals surface area (Å²) in [6.07, 6.45) is 0. The van der Waals surface area contributed by atoms with E-state index in [1.54, 1.807) is 34.9 Å². The molecule has 33 heavy (non-hydrogen) atoms. The van der Waals surface area contributed by atoms with Crippen LogP contribution in [0.5, 0.6) is 0 Å². The maximum Gasteiger partial charge on any atom is 0.234 e. The molecule has 0 aliphatic carbocycles. The summed E-state index contributed by atoms with van der Waals surface area (Å²) in [7, 11) is 0. The zero-order chi connectivity index (χ0) is 23.5. The van der Waals surface area contributed by atoms with Gasteiger partial charge in [0.1, 0.15) is 5.82 Å². The average molecular weight is 481 g/mol. The molecule has 0 aliphatic rings. The lowest BCUT2D eigenvalue weighted by molar-refractivity contribution is -0.113. The lowest BCUT2D eigenvalue weighted by Gasteiger charge is -2.14. The molecule has 4 rings (SSSR count). The van der Waals surface area contributed by atoms with Crippen LogP contribution in [0.4, 0.5) is 10.1 Å². The molecule has 8 heteroatoms. The number of amides is 1. The Bertz CT molecular complexity index is 1310. The fourth-order valence-corrected chi connectivity index (χ4v) is 4.68. The highest BCUT2D eigenvalue weighted by molar-refractivity contribution is 7.99. The van der Waals surface area contributed by atoms with Crippen molar-refractivity contribution >= 4 is 35.0 Å². The Hall–Kier alpha value is -3.16. The Balaban J connectivity index is 1.64. The van der Waals surface area contributed by atoms with Crippen molar-refractivity contribution in [2.45, 2.75) is 25.9 Å². The molecule has 3 aromatic carbocycles. The van der Waals surface area contributed by atoms with E-state index in [9.17, 15) is 9.18 Å². The first kappa shape index (κ1) is 23.0. The van der Waals surface area contributed by atoms with E-state index in [1.807, 2.05) is 45.0 Å². The third-order valence-electron chi connectivity index (χ3n) is 5.12. The number of carbonyl (C=O) groups is 1. The van der Waals surface area contributed by atoms with E-state index in [-0.39, 0.29) is 17.3 Å². The van der Waals surface area contributed by atoms with Crippen molar-refractivity contribution in [1.82, 2.24) is 14.8 Å². The van der Waals surface area contributed by atoms with E-state index in [1.165, 1.54) is 17.8 Å². The normalized spacial score (nSPS) is 10.9. The summed E-state index contributed by atoms with van der Waals surface area (Å²) in [5.41, 5.74) is 4.85. The molecule has 0 saturated heterocycles. The first-order chi connectivity index (χ1) is 15.8. The minimum absolute atomic E-state index is 0.0852. The number of anilines is 1. The number of benzene rings is 3. The maximum absolute atomic E-state index is 14.7. The molecule has 0 unspecified atom stereocenters. The molecule has 0 radical (unpaired) electrons. The molecule has 1 amide bonds. The molecule has 0 spiro atoms. The van der Waals surface area contributed by atoms with Crippen LogP contribution in [0.2, 0.25) is 5.02 Å². The van der Waals surface area contributed by atoms with Crippen LogP contribution in [-0.2, 0) is 4.79 Å². The molecule has 0 bridgehead atoms. The van der Waals surface area contributed by atoms with E-state index in [0.717, 1.165) is 22.4 Å². The van der Waals surface area contributed by atoms with Crippen LogP contribution in [0.15, 0.2) is 65.8 Å². The van der Waals surface area contributed by atoms with Crippen molar-refractivity contribution in [1.29, 1.82) is 0 Å². The van der Waals surface area contributed by atoms with Crippen molar-refractivity contribution in [3.8, 4) is 17.1 Å². The van der Waals surface area contributed by atoms with Gasteiger partial charge in [0.05, 0.1) is 16.5 Å². The fraction of sp³-hybridized carbons (Fsp3) is 0.160. The molecule has 0 fully saturated rings. The molecule has 1 N–H and O–H groups in total. The van der Waals surface area contributed by atoms with Gasteiger partial charge in [-0.1, -0.05) is 65.3 Å². The third kappa shape index (κ3) is 4.94. The molecule has 168 valence electrons. The summed E-state index contributed by atoms with van der Waals surface area (Å²) in [5.74, 6) is -0.124. The van der Waals surface area contributed by atoms with Crippen LogP contribution >= 0.6 is 23.4 Å². The van der Waals surface area contributed by atoms with Gasteiger partial charge in [-0.15, -0.1) is 10.2 Å². The molecule has 0 atom stereocenters. The standard InChI is InChI=1S/C25H22ClFN4OS/c1-15-12-16(2)23(17(3)13-15)28-22(32)14-33-25-30-29-24(18-8-4-5-9-19(18)26)31(25)21-11-7-6-10-20(21)27/h4-13H,14H2,1-3H3,(H,28,32). The van der Waals surface area contributed by atoms with Gasteiger partial charge in [0.15, 0.2) is 11.0 Å². The highest BCUT2D eigenvalue weighted by atomic mass is 35.5. The summed E-state index contributed by atoms with van der Waals surface area (Å²) >= 11 is 7.56. The van der Waals surface area contributed by atoms with Gasteiger partial charge in [-0.2, -0.15) is 0 Å². The number of nitrogens with one attached hydrogen (secondary N) is 1. The topological polar surface area (TPSA) is 59.8 Å². The number of aryl methyl sites for hydroxylation is 3. The van der Waals surface area contributed by atoms with Crippen LogP contribution in [0.25, 0.3) is 17.1 Å². The third-order valence-corrected chi connectivity index (χ3v) is 6.37. The number of carbonyl (C=O) groups excluding carboxylic acids is 1. The van der Waals surface area contributed by atoms with Crippen LogP contribution in [0.3, 0.4) is 0 Å². The molecular weight excluding hydrogens is 459 g/mol. The zero-order valence-corrected chi connectivity index (χ0v) is 20.0. The van der Waals surface area contributed by atoms with E-state index < -0.39 is 5.82 Å². The van der Waals surface area contributed by atoms with Gasteiger partial charge in [0.2, 0.25) is 5.91 Å². The van der Waals surface area contributed by atoms with Gasteiger partial charge in [0, 0.05) is 11.3 Å². The summed E-state index contributed by atoms with van der Waals surface area (Å²) in [6.45, 7) is 5.95. The lowest BCUT2D eigenvalue weighted by atomic mass is 10.1. The number of hydrogen-bond donors (Lipinski definition) is 1. The van der Waals surface area contributed by atoms with Crippen molar-refractivity contribution in [2.24, 2.45) is 0 Å². The minimum Gasteiger partial charge on any atom is -0.325 e. The van der Waals surface area contributed by atoms with Crippen molar-refractivity contribution < 1.29 is 9.18 Å². The maximum atomic E-state index is 14.7. The minimum atomic E-state index is -0.428. The summed E-state index contributed by atoms with van der Waals surface area (Å²) in [4.78, 5) is 12.7. The Morgan fingerprint density at radius 1 is 1.03 bits per heavy atom. The Morgan fingerprint density at radius 3 is 2.39 bits per heavy atom. The smallest absolute Gasteiger partial charge is 0.234 e. The second-order valence-corrected chi connectivity index (χ2v) is 9.03. The van der Waals surface area contributed by atoms with Gasteiger partial charge in [-0.3, -0.25) is 9.36 Å². The summed E-state index contributed by atoms with van der Waals surface area (Å²) in [6, 6.07) is 17.6. The van der Waals surface area contributed by atoms with Crippen LogP contribution in [0.1, 0.15) is 16.7 Å². The molecule has 4 aromatic rings. The Kier molecular flexibility index (Phi) is 6.81. The second-order valence-electron chi connectivity index (χ2n) is 7.68. The molecule has 0 saturated carbocycles. The van der Waals surface area contributed by atoms with Gasteiger partial charge in [-0.25, -0.2) is 4.39 Å². The van der Waals surface area contributed by atoms with E-state index >= 15 is 0 Å². The lowest BCUT2D eigenvalue weighted by Crippen LogP contribution is -2.16. The number of aromatic nitrogens is 3. The van der Waals surface area contributed by atoms with Gasteiger partial charge < -0.3 is 5.32 Å². The highest BCUT2D eigenvalue weighted by Gasteiger charge is 2.21. The number of para-hydroxylation sites is 1. The molecule has 1 aromatic heterocycles. The number of hydrogen-bond acceptors (Lipinski definition) is 4. The first-order valence-electron chi connectivity index (χ1n) is 10.3. The molecule has 5 nitrogen and oxygen atoms in total. The van der Waals surface area contributed by atoms with Gasteiger partial charge in [-0.05, 0) is 56.2 Å². The fourth-order valence-electron chi connectivity index (χ4n) is 3.71. The van der Waals surface area contributed by atoms with Crippen LogP contribution < -0.4 is 5.32 Å². The van der Waals surface area contributed by atoms with E-state index in [2.05, 4.69) is 15.5 Å². The van der Waals surface area contributed by atoms with Gasteiger partial charge >= 0.3 is 0 Å². The first-order valence-corrected chi connectivity index (χ1v) is 11.7. The number of thioether (sulfide) groups is 1. The van der Waals surface area contributed by atoms with Crippen molar-refractivity contribution in [3.05, 3.63) is 88.2 Å². The largest absolute Gasteiger partial charge is 0.325 e. The molecule has 0 aliphatic heterocycles. The van der Waals surface area contributed by atoms with E-state index in [4.69, 9.17) is 11.6 Å². The zero-order valence-electron chi connectivity index (χ0n) is 18.4. The summed E-state index contributed by atoms with van der Waals surface area (Å²) in [5, 5.41) is 12.4. The van der Waals surface area contributed by atoms with Crippen LogP contribution in [0, 0.1) is 26.6 Å². The molecular formula is C25H22ClFN4OS. The number of halogens is 2. The van der Waals surface area contributed by atoms with Crippen molar-refractivity contribution in [2.75, 3.05) is 11.1 Å². The summed E-state index contributed by atoms with van der Waals surface area (Å²) < 4.78 is 16.3. The highest BCUT2D eigenvalue weighted by Crippen LogP contribution is 2.33. The average Bonchev–Trinajstić information content (AvgIpc) is 3.19. The van der Waals surface area contributed by atoms with Gasteiger partial charge in [0.25, 0.3) is 0 Å². The van der Waals surface area contributed by atoms with Crippen LogP contribution in [-0.4, -0.2) is 26.4 Å². The van der Waals surface area contributed by atoms with E-state index in [0.29, 0.717) is 21.6 Å². The second kappa shape index (κ2) is 9.77. The molecule has 1 heterocycles. The van der Waals surface area contributed by atoms with Crippen molar-refractivity contribution in [3.63, 3.8) is 0 Å².